The molecule has 1 amide bonds. The van der Waals surface area contributed by atoms with E-state index in [0.717, 1.165) is 34.1 Å². The summed E-state index contributed by atoms with van der Waals surface area (Å²) in [6.45, 7) is 7.64. The smallest absolute Gasteiger partial charge is 0.230 e. The minimum atomic E-state index is -0.280. The highest BCUT2D eigenvalue weighted by Gasteiger charge is 2.15. The van der Waals surface area contributed by atoms with Crippen LogP contribution in [0.1, 0.15) is 13.8 Å². The number of fused-ring (bicyclic) bond motifs is 3. The number of nitrogens with zero attached hydrogens (tertiary/aromatic N) is 3. The van der Waals surface area contributed by atoms with Gasteiger partial charge in [0.2, 0.25) is 5.91 Å². The molecule has 0 saturated heterocycles. The Morgan fingerprint density at radius 1 is 1.31 bits per heavy atom. The van der Waals surface area contributed by atoms with Crippen LogP contribution in [0.5, 0.6) is 0 Å². The molecule has 8 heteroatoms. The van der Waals surface area contributed by atoms with Gasteiger partial charge in [-0.2, -0.15) is 0 Å². The van der Waals surface area contributed by atoms with E-state index >= 15 is 0 Å². The summed E-state index contributed by atoms with van der Waals surface area (Å²) in [6, 6.07) is 5.00. The summed E-state index contributed by atoms with van der Waals surface area (Å²) in [7, 11) is 0. The number of thioether (sulfide) groups is 1. The van der Waals surface area contributed by atoms with Gasteiger partial charge in [-0.05, 0) is 25.2 Å². The zero-order valence-corrected chi connectivity index (χ0v) is 16.4. The maximum Gasteiger partial charge on any atom is 0.230 e. The van der Waals surface area contributed by atoms with E-state index in [1.807, 2.05) is 6.07 Å². The molecule has 0 aliphatic rings. The van der Waals surface area contributed by atoms with Crippen molar-refractivity contribution >= 4 is 49.3 Å². The van der Waals surface area contributed by atoms with E-state index in [-0.39, 0.29) is 17.5 Å². The lowest BCUT2D eigenvalue weighted by molar-refractivity contribution is -0.118. The topological polar surface area (TPSA) is 58.1 Å². The van der Waals surface area contributed by atoms with Gasteiger partial charge in [-0.15, -0.1) is 11.3 Å². The first-order chi connectivity index (χ1) is 12.6. The van der Waals surface area contributed by atoms with Gasteiger partial charge in [0, 0.05) is 17.8 Å². The predicted molar refractivity (Wildman–Crippen MR) is 106 cm³/mol. The Bertz CT molecular complexity index is 911. The van der Waals surface area contributed by atoms with Crippen LogP contribution < -0.4 is 5.32 Å². The summed E-state index contributed by atoms with van der Waals surface area (Å²) >= 11 is 2.82. The molecular formula is C18H21FN4OS2. The molecule has 0 bridgehead atoms. The fourth-order valence-electron chi connectivity index (χ4n) is 2.74. The number of hydrogen-bond donors (Lipinski definition) is 1. The molecule has 3 aromatic rings. The SMILES string of the molecule is CCN(CC)CCNC(=O)CSc1ncnc2c1sc1cccc(F)c12. The molecule has 138 valence electrons. The van der Waals surface area contributed by atoms with Gasteiger partial charge in [-0.3, -0.25) is 4.79 Å². The second kappa shape index (κ2) is 8.75. The van der Waals surface area contributed by atoms with E-state index in [2.05, 4.69) is 34.0 Å². The highest BCUT2D eigenvalue weighted by molar-refractivity contribution is 8.00. The Kier molecular flexibility index (Phi) is 6.39. The highest BCUT2D eigenvalue weighted by atomic mass is 32.2. The van der Waals surface area contributed by atoms with Crippen LogP contribution in [0.15, 0.2) is 29.6 Å². The van der Waals surface area contributed by atoms with Crippen molar-refractivity contribution in [2.75, 3.05) is 31.9 Å². The van der Waals surface area contributed by atoms with E-state index < -0.39 is 0 Å². The van der Waals surface area contributed by atoms with Crippen LogP contribution in [0.2, 0.25) is 0 Å². The lowest BCUT2D eigenvalue weighted by Crippen LogP contribution is -2.35. The van der Waals surface area contributed by atoms with Crippen molar-refractivity contribution in [1.29, 1.82) is 0 Å². The van der Waals surface area contributed by atoms with Gasteiger partial charge >= 0.3 is 0 Å². The van der Waals surface area contributed by atoms with Crippen LogP contribution in [-0.2, 0) is 4.79 Å². The molecule has 0 aliphatic carbocycles. The lowest BCUT2D eigenvalue weighted by atomic mass is 10.2. The van der Waals surface area contributed by atoms with Crippen molar-refractivity contribution in [3.05, 3.63) is 30.3 Å². The average molecular weight is 393 g/mol. The van der Waals surface area contributed by atoms with Crippen molar-refractivity contribution in [1.82, 2.24) is 20.2 Å². The number of carbonyl (C=O) groups excluding carboxylic acids is 1. The molecule has 5 nitrogen and oxygen atoms in total. The molecule has 1 N–H and O–H groups in total. The van der Waals surface area contributed by atoms with Crippen molar-refractivity contribution in [3.8, 4) is 0 Å². The molecule has 0 atom stereocenters. The standard InChI is InChI=1S/C18H21FN4OS2/c1-3-23(4-2)9-8-20-14(24)10-25-18-17-16(21-11-22-18)15-12(19)6-5-7-13(15)26-17/h5-7,11H,3-4,8-10H2,1-2H3,(H,20,24). The van der Waals surface area contributed by atoms with Crippen LogP contribution in [0, 0.1) is 5.82 Å². The number of carbonyl (C=O) groups is 1. The molecule has 0 spiro atoms. The van der Waals surface area contributed by atoms with Gasteiger partial charge in [0.1, 0.15) is 17.2 Å². The fraction of sp³-hybridized carbons (Fsp3) is 0.389. The van der Waals surface area contributed by atoms with E-state index in [1.165, 1.54) is 35.5 Å². The number of rotatable bonds is 8. The van der Waals surface area contributed by atoms with Crippen LogP contribution in [0.3, 0.4) is 0 Å². The fourth-order valence-corrected chi connectivity index (χ4v) is 4.81. The molecule has 2 heterocycles. The largest absolute Gasteiger partial charge is 0.354 e. The summed E-state index contributed by atoms with van der Waals surface area (Å²) in [4.78, 5) is 22.9. The molecule has 0 saturated carbocycles. The minimum absolute atomic E-state index is 0.0267. The number of hydrogen-bond acceptors (Lipinski definition) is 6. The highest BCUT2D eigenvalue weighted by Crippen LogP contribution is 2.38. The van der Waals surface area contributed by atoms with Gasteiger partial charge in [-0.25, -0.2) is 14.4 Å². The molecule has 0 unspecified atom stereocenters. The lowest BCUT2D eigenvalue weighted by Gasteiger charge is -2.17. The summed E-state index contributed by atoms with van der Waals surface area (Å²) < 4.78 is 15.8. The molecule has 0 aliphatic heterocycles. The zero-order valence-electron chi connectivity index (χ0n) is 14.8. The number of aromatic nitrogens is 2. The predicted octanol–water partition coefficient (Wildman–Crippen LogP) is 3.53. The normalized spacial score (nSPS) is 11.5. The van der Waals surface area contributed by atoms with Crippen molar-refractivity contribution < 1.29 is 9.18 Å². The average Bonchev–Trinajstić information content (AvgIpc) is 3.04. The van der Waals surface area contributed by atoms with Crippen molar-refractivity contribution in [2.45, 2.75) is 18.9 Å². The third-order valence-electron chi connectivity index (χ3n) is 4.18. The number of benzene rings is 1. The van der Waals surface area contributed by atoms with Gasteiger partial charge in [0.05, 0.1) is 21.4 Å². The van der Waals surface area contributed by atoms with Crippen LogP contribution in [0.4, 0.5) is 4.39 Å². The Labute approximate surface area is 160 Å². The summed E-state index contributed by atoms with van der Waals surface area (Å²) in [5.41, 5.74) is 0.613. The first-order valence-corrected chi connectivity index (χ1v) is 10.4. The molecular weight excluding hydrogens is 371 g/mol. The number of thiophene rings is 1. The molecule has 2 aromatic heterocycles. The summed E-state index contributed by atoms with van der Waals surface area (Å²) in [5, 5.41) is 4.18. The molecule has 3 rings (SSSR count). The second-order valence-electron chi connectivity index (χ2n) is 5.74. The van der Waals surface area contributed by atoms with Crippen molar-refractivity contribution in [2.24, 2.45) is 0 Å². The van der Waals surface area contributed by atoms with E-state index in [1.54, 1.807) is 6.07 Å². The third kappa shape index (κ3) is 4.13. The first-order valence-electron chi connectivity index (χ1n) is 8.57. The Morgan fingerprint density at radius 2 is 2.12 bits per heavy atom. The van der Waals surface area contributed by atoms with Crippen LogP contribution in [0.25, 0.3) is 20.3 Å². The summed E-state index contributed by atoms with van der Waals surface area (Å²) in [5.74, 6) is -0.0278. The second-order valence-corrected chi connectivity index (χ2v) is 7.75. The number of nitrogens with one attached hydrogen (secondary N) is 1. The van der Waals surface area contributed by atoms with Crippen LogP contribution >= 0.6 is 23.1 Å². The number of halogens is 1. The van der Waals surface area contributed by atoms with Crippen LogP contribution in [-0.4, -0.2) is 52.7 Å². The molecule has 0 radical (unpaired) electrons. The molecule has 1 aromatic carbocycles. The van der Waals surface area contributed by atoms with Crippen molar-refractivity contribution in [3.63, 3.8) is 0 Å². The first kappa shape index (κ1) is 19.0. The maximum atomic E-state index is 14.1. The number of amides is 1. The quantitative estimate of drug-likeness (QED) is 0.469. The van der Waals surface area contributed by atoms with E-state index in [4.69, 9.17) is 0 Å². The zero-order chi connectivity index (χ0) is 18.5. The van der Waals surface area contributed by atoms with Gasteiger partial charge in [0.25, 0.3) is 0 Å². The van der Waals surface area contributed by atoms with E-state index in [9.17, 15) is 9.18 Å². The minimum Gasteiger partial charge on any atom is -0.354 e. The number of likely N-dealkylation sites (N-methyl/N-ethyl adjacent to an activating group) is 1. The Morgan fingerprint density at radius 3 is 2.88 bits per heavy atom. The molecule has 26 heavy (non-hydrogen) atoms. The van der Waals surface area contributed by atoms with Gasteiger partial charge in [0.15, 0.2) is 0 Å². The Hall–Kier alpha value is -1.77. The third-order valence-corrected chi connectivity index (χ3v) is 6.45. The van der Waals surface area contributed by atoms with Gasteiger partial charge in [-0.1, -0.05) is 31.7 Å². The monoisotopic (exact) mass is 392 g/mol. The maximum absolute atomic E-state index is 14.1. The van der Waals surface area contributed by atoms with Gasteiger partial charge < -0.3 is 10.2 Å². The Balaban J connectivity index is 1.67. The van der Waals surface area contributed by atoms with E-state index in [0.29, 0.717) is 17.4 Å². The summed E-state index contributed by atoms with van der Waals surface area (Å²) in [6.07, 6.45) is 1.43. The molecule has 0 fully saturated rings.